The Bertz CT molecular complexity index is 832. The van der Waals surface area contributed by atoms with Gasteiger partial charge < -0.3 is 20.1 Å². The molecule has 6 nitrogen and oxygen atoms in total. The van der Waals surface area contributed by atoms with Gasteiger partial charge in [0.25, 0.3) is 11.8 Å². The van der Waals surface area contributed by atoms with Crippen LogP contribution in [0.15, 0.2) is 55.1 Å². The molecule has 2 amide bonds. The molecule has 2 aromatic carbocycles. The number of fused-ring (bicyclic) bond motifs is 1. The number of anilines is 1. The molecule has 2 aromatic rings. The van der Waals surface area contributed by atoms with Crippen molar-refractivity contribution in [3.63, 3.8) is 0 Å². The van der Waals surface area contributed by atoms with Gasteiger partial charge in [-0.1, -0.05) is 18.2 Å². The SMILES string of the molecule is C=CCNC(=O)c1ccccc1NC(=O)c1ccc2c(c1)OCCCO2. The van der Waals surface area contributed by atoms with E-state index in [4.69, 9.17) is 9.47 Å². The quantitative estimate of drug-likeness (QED) is 0.811. The topological polar surface area (TPSA) is 76.7 Å². The van der Waals surface area contributed by atoms with Gasteiger partial charge in [0.1, 0.15) is 0 Å². The van der Waals surface area contributed by atoms with Crippen LogP contribution in [-0.4, -0.2) is 31.6 Å². The Morgan fingerprint density at radius 2 is 1.81 bits per heavy atom. The van der Waals surface area contributed by atoms with Crippen molar-refractivity contribution in [1.29, 1.82) is 0 Å². The van der Waals surface area contributed by atoms with Crippen LogP contribution in [0.25, 0.3) is 0 Å². The average Bonchev–Trinajstić information content (AvgIpc) is 2.91. The lowest BCUT2D eigenvalue weighted by atomic mass is 10.1. The van der Waals surface area contributed by atoms with Gasteiger partial charge in [0.2, 0.25) is 0 Å². The summed E-state index contributed by atoms with van der Waals surface area (Å²) in [6, 6.07) is 11.9. The Morgan fingerprint density at radius 1 is 1.04 bits per heavy atom. The molecule has 1 aliphatic rings. The summed E-state index contributed by atoms with van der Waals surface area (Å²) in [7, 11) is 0. The molecule has 0 aromatic heterocycles. The number of amides is 2. The molecule has 3 rings (SSSR count). The molecule has 6 heteroatoms. The van der Waals surface area contributed by atoms with Crippen LogP contribution in [0.4, 0.5) is 5.69 Å². The number of benzene rings is 2. The second-order valence-electron chi connectivity index (χ2n) is 5.71. The number of carbonyl (C=O) groups is 2. The van der Waals surface area contributed by atoms with Gasteiger partial charge in [-0.2, -0.15) is 0 Å². The van der Waals surface area contributed by atoms with E-state index in [2.05, 4.69) is 17.2 Å². The van der Waals surface area contributed by atoms with Crippen LogP contribution >= 0.6 is 0 Å². The maximum atomic E-state index is 12.6. The molecular weight excluding hydrogens is 332 g/mol. The van der Waals surface area contributed by atoms with Crippen molar-refractivity contribution in [2.75, 3.05) is 25.1 Å². The van der Waals surface area contributed by atoms with Gasteiger partial charge in [-0.05, 0) is 30.3 Å². The van der Waals surface area contributed by atoms with Gasteiger partial charge >= 0.3 is 0 Å². The number of hydrogen-bond acceptors (Lipinski definition) is 4. The maximum absolute atomic E-state index is 12.6. The molecule has 0 atom stereocenters. The van der Waals surface area contributed by atoms with E-state index >= 15 is 0 Å². The van der Waals surface area contributed by atoms with Crippen molar-refractivity contribution in [3.8, 4) is 11.5 Å². The average molecular weight is 352 g/mol. The zero-order valence-electron chi connectivity index (χ0n) is 14.3. The molecule has 1 aliphatic heterocycles. The van der Waals surface area contributed by atoms with Crippen LogP contribution < -0.4 is 20.1 Å². The second-order valence-corrected chi connectivity index (χ2v) is 5.71. The summed E-state index contributed by atoms with van der Waals surface area (Å²) < 4.78 is 11.2. The molecule has 0 fully saturated rings. The minimum Gasteiger partial charge on any atom is -0.490 e. The highest BCUT2D eigenvalue weighted by molar-refractivity contribution is 6.09. The Kier molecular flexibility index (Phi) is 5.53. The molecule has 26 heavy (non-hydrogen) atoms. The van der Waals surface area contributed by atoms with Gasteiger partial charge in [-0.25, -0.2) is 0 Å². The molecule has 134 valence electrons. The molecule has 2 N–H and O–H groups in total. The van der Waals surface area contributed by atoms with Crippen molar-refractivity contribution >= 4 is 17.5 Å². The van der Waals surface area contributed by atoms with Gasteiger partial charge in [0.15, 0.2) is 11.5 Å². The number of para-hydroxylation sites is 1. The van der Waals surface area contributed by atoms with E-state index in [1.54, 1.807) is 48.5 Å². The Balaban J connectivity index is 1.79. The highest BCUT2D eigenvalue weighted by Gasteiger charge is 2.16. The maximum Gasteiger partial charge on any atom is 0.255 e. The van der Waals surface area contributed by atoms with Crippen LogP contribution in [0.2, 0.25) is 0 Å². The molecular formula is C20H20N2O4. The van der Waals surface area contributed by atoms with Crippen LogP contribution in [0.3, 0.4) is 0 Å². The standard InChI is InChI=1S/C20H20N2O4/c1-2-10-21-20(24)15-6-3-4-7-16(15)22-19(23)14-8-9-17-18(13-14)26-12-5-11-25-17/h2-4,6-9,13H,1,5,10-12H2,(H,21,24)(H,22,23). The predicted octanol–water partition coefficient (Wildman–Crippen LogP) is 3.02. The fourth-order valence-corrected chi connectivity index (χ4v) is 2.55. The number of carbonyl (C=O) groups excluding carboxylic acids is 2. The fraction of sp³-hybridized carbons (Fsp3) is 0.200. The van der Waals surface area contributed by atoms with Crippen molar-refractivity contribution in [3.05, 3.63) is 66.2 Å². The van der Waals surface area contributed by atoms with Crippen LogP contribution in [-0.2, 0) is 0 Å². The lowest BCUT2D eigenvalue weighted by Gasteiger charge is -2.12. The monoisotopic (exact) mass is 352 g/mol. The van der Waals surface area contributed by atoms with Gasteiger partial charge in [-0.3, -0.25) is 9.59 Å². The van der Waals surface area contributed by atoms with E-state index in [1.807, 2.05) is 0 Å². The molecule has 0 saturated heterocycles. The molecule has 0 unspecified atom stereocenters. The summed E-state index contributed by atoms with van der Waals surface area (Å²) in [6.45, 7) is 5.06. The highest BCUT2D eigenvalue weighted by Crippen LogP contribution is 2.30. The lowest BCUT2D eigenvalue weighted by Crippen LogP contribution is -2.25. The van der Waals surface area contributed by atoms with Crippen molar-refractivity contribution in [2.45, 2.75) is 6.42 Å². The number of hydrogen-bond donors (Lipinski definition) is 2. The van der Waals surface area contributed by atoms with Crippen LogP contribution in [0.5, 0.6) is 11.5 Å². The minimum atomic E-state index is -0.329. The Morgan fingerprint density at radius 3 is 2.62 bits per heavy atom. The number of rotatable bonds is 5. The van der Waals surface area contributed by atoms with Crippen molar-refractivity contribution in [1.82, 2.24) is 5.32 Å². The second kappa shape index (κ2) is 8.20. The Labute approximate surface area is 151 Å². The highest BCUT2D eigenvalue weighted by atomic mass is 16.5. The molecule has 1 heterocycles. The summed E-state index contributed by atoms with van der Waals surface area (Å²) in [5, 5.41) is 5.49. The molecule has 0 bridgehead atoms. The zero-order valence-corrected chi connectivity index (χ0v) is 14.3. The molecule has 0 radical (unpaired) electrons. The summed E-state index contributed by atoms with van der Waals surface area (Å²) >= 11 is 0. The first kappa shape index (κ1) is 17.5. The van der Waals surface area contributed by atoms with Gasteiger partial charge in [-0.15, -0.1) is 6.58 Å². The van der Waals surface area contributed by atoms with E-state index in [0.29, 0.717) is 48.1 Å². The van der Waals surface area contributed by atoms with Crippen LogP contribution in [0.1, 0.15) is 27.1 Å². The summed E-state index contributed by atoms with van der Waals surface area (Å²) in [6.07, 6.45) is 2.39. The third kappa shape index (κ3) is 4.03. The first-order valence-corrected chi connectivity index (χ1v) is 8.38. The predicted molar refractivity (Wildman–Crippen MR) is 99.0 cm³/mol. The van der Waals surface area contributed by atoms with E-state index in [-0.39, 0.29) is 11.8 Å². The summed E-state index contributed by atoms with van der Waals surface area (Å²) in [5.41, 5.74) is 1.25. The van der Waals surface area contributed by atoms with Gasteiger partial charge in [0.05, 0.1) is 24.5 Å². The van der Waals surface area contributed by atoms with Crippen molar-refractivity contribution < 1.29 is 19.1 Å². The summed E-state index contributed by atoms with van der Waals surface area (Å²) in [4.78, 5) is 24.8. The van der Waals surface area contributed by atoms with Crippen molar-refractivity contribution in [2.24, 2.45) is 0 Å². The van der Waals surface area contributed by atoms with Crippen LogP contribution in [0, 0.1) is 0 Å². The van der Waals surface area contributed by atoms with E-state index in [9.17, 15) is 9.59 Å². The fourth-order valence-electron chi connectivity index (χ4n) is 2.55. The largest absolute Gasteiger partial charge is 0.490 e. The zero-order chi connectivity index (χ0) is 18.4. The Hall–Kier alpha value is -3.28. The molecule has 0 aliphatic carbocycles. The normalized spacial score (nSPS) is 12.6. The van der Waals surface area contributed by atoms with E-state index in [0.717, 1.165) is 6.42 Å². The first-order valence-electron chi connectivity index (χ1n) is 8.38. The first-order chi connectivity index (χ1) is 12.7. The van der Waals surface area contributed by atoms with E-state index in [1.165, 1.54) is 0 Å². The third-order valence-electron chi connectivity index (χ3n) is 3.84. The van der Waals surface area contributed by atoms with Gasteiger partial charge in [0, 0.05) is 18.5 Å². The molecule has 0 spiro atoms. The van der Waals surface area contributed by atoms with E-state index < -0.39 is 0 Å². The number of nitrogens with one attached hydrogen (secondary N) is 2. The summed E-state index contributed by atoms with van der Waals surface area (Å²) in [5.74, 6) is 0.569. The third-order valence-corrected chi connectivity index (χ3v) is 3.84. The number of ether oxygens (including phenoxy) is 2. The molecule has 0 saturated carbocycles. The lowest BCUT2D eigenvalue weighted by molar-refractivity contribution is 0.0959. The smallest absolute Gasteiger partial charge is 0.255 e. The minimum absolute atomic E-state index is 0.278.